The van der Waals surface area contributed by atoms with Crippen molar-refractivity contribution in [3.63, 3.8) is 0 Å². The fraction of sp³-hybridized carbons (Fsp3) is 0.208. The molecule has 0 atom stereocenters. The van der Waals surface area contributed by atoms with Crippen LogP contribution in [0.15, 0.2) is 76.5 Å². The molecule has 0 radical (unpaired) electrons. The highest BCUT2D eigenvalue weighted by molar-refractivity contribution is 7.99. The molecule has 0 aliphatic carbocycles. The molecule has 0 saturated carbocycles. The van der Waals surface area contributed by atoms with Crippen molar-refractivity contribution in [2.75, 3.05) is 36.8 Å². The number of furan rings is 1. The molecular formula is C24H21Cl2N5O2S. The van der Waals surface area contributed by atoms with Gasteiger partial charge in [0, 0.05) is 36.9 Å². The van der Waals surface area contributed by atoms with Crippen LogP contribution in [0.2, 0.25) is 10.0 Å². The number of piperazine rings is 1. The third kappa shape index (κ3) is 4.80. The summed E-state index contributed by atoms with van der Waals surface area (Å²) in [6, 6.07) is 18.9. The van der Waals surface area contributed by atoms with Crippen molar-refractivity contribution in [2.24, 2.45) is 0 Å². The molecule has 4 aromatic rings. The predicted molar refractivity (Wildman–Crippen MR) is 135 cm³/mol. The fourth-order valence-corrected chi connectivity index (χ4v) is 5.14. The van der Waals surface area contributed by atoms with Crippen molar-refractivity contribution in [1.29, 1.82) is 0 Å². The summed E-state index contributed by atoms with van der Waals surface area (Å²) in [5.41, 5.74) is 1.80. The van der Waals surface area contributed by atoms with E-state index in [0.717, 1.165) is 24.5 Å². The van der Waals surface area contributed by atoms with Crippen molar-refractivity contribution in [3.05, 3.63) is 77.0 Å². The molecule has 34 heavy (non-hydrogen) atoms. The maximum absolute atomic E-state index is 13.0. The van der Waals surface area contributed by atoms with Gasteiger partial charge in [-0.25, -0.2) is 0 Å². The molecular weight excluding hydrogens is 493 g/mol. The van der Waals surface area contributed by atoms with E-state index < -0.39 is 0 Å². The average molecular weight is 514 g/mol. The number of benzene rings is 2. The normalized spacial score (nSPS) is 13.9. The molecule has 5 rings (SSSR count). The van der Waals surface area contributed by atoms with Crippen LogP contribution in [0.1, 0.15) is 0 Å². The molecule has 1 aliphatic rings. The van der Waals surface area contributed by atoms with Crippen LogP contribution in [-0.2, 0) is 4.79 Å². The minimum Gasteiger partial charge on any atom is -0.461 e. The SMILES string of the molecule is O=C(CSc1nnc(-c2ccco2)n1-c1ccccc1Cl)N1CCN(c2cccc(Cl)c2)CC1. The van der Waals surface area contributed by atoms with Crippen LogP contribution in [0, 0.1) is 0 Å². The van der Waals surface area contributed by atoms with Gasteiger partial charge in [-0.3, -0.25) is 9.36 Å². The summed E-state index contributed by atoms with van der Waals surface area (Å²) in [5.74, 6) is 1.41. The van der Waals surface area contributed by atoms with E-state index in [1.807, 2.05) is 64.1 Å². The molecule has 174 valence electrons. The molecule has 0 unspecified atom stereocenters. The van der Waals surface area contributed by atoms with Gasteiger partial charge in [0.25, 0.3) is 0 Å². The van der Waals surface area contributed by atoms with Gasteiger partial charge in [-0.15, -0.1) is 10.2 Å². The van der Waals surface area contributed by atoms with E-state index in [2.05, 4.69) is 15.1 Å². The minimum atomic E-state index is 0.0593. The molecule has 1 amide bonds. The number of nitrogens with zero attached hydrogens (tertiary/aromatic N) is 5. The molecule has 2 aromatic carbocycles. The Balaban J connectivity index is 1.28. The molecule has 1 saturated heterocycles. The number of hydrogen-bond acceptors (Lipinski definition) is 6. The van der Waals surface area contributed by atoms with E-state index >= 15 is 0 Å². The standard InChI is InChI=1S/C24H21Cl2N5O2S/c25-17-5-3-6-18(15-17)29-10-12-30(13-11-29)22(32)16-34-24-28-27-23(21-9-4-14-33-21)31(24)20-8-2-1-7-19(20)26/h1-9,14-15H,10-13,16H2. The van der Waals surface area contributed by atoms with Crippen LogP contribution < -0.4 is 4.90 Å². The Kier molecular flexibility index (Phi) is 6.80. The van der Waals surface area contributed by atoms with Gasteiger partial charge in [0.15, 0.2) is 10.9 Å². The first-order valence-electron chi connectivity index (χ1n) is 10.8. The number of carbonyl (C=O) groups excluding carboxylic acids is 1. The number of thioether (sulfide) groups is 1. The molecule has 0 N–H and O–H groups in total. The van der Waals surface area contributed by atoms with Crippen LogP contribution in [0.4, 0.5) is 5.69 Å². The summed E-state index contributed by atoms with van der Waals surface area (Å²) in [6.07, 6.45) is 1.58. The van der Waals surface area contributed by atoms with Crippen molar-refractivity contribution < 1.29 is 9.21 Å². The lowest BCUT2D eigenvalue weighted by Gasteiger charge is -2.36. The quantitative estimate of drug-likeness (QED) is 0.327. The lowest BCUT2D eigenvalue weighted by Crippen LogP contribution is -2.49. The van der Waals surface area contributed by atoms with Gasteiger partial charge in [0.2, 0.25) is 11.7 Å². The van der Waals surface area contributed by atoms with Gasteiger partial charge in [-0.05, 0) is 42.5 Å². The van der Waals surface area contributed by atoms with Gasteiger partial charge >= 0.3 is 0 Å². The van der Waals surface area contributed by atoms with E-state index in [9.17, 15) is 4.79 Å². The third-order valence-electron chi connectivity index (χ3n) is 5.60. The Morgan fingerprint density at radius 3 is 2.53 bits per heavy atom. The summed E-state index contributed by atoms with van der Waals surface area (Å²) in [4.78, 5) is 17.1. The van der Waals surface area contributed by atoms with E-state index in [0.29, 0.717) is 39.9 Å². The first-order chi connectivity index (χ1) is 16.6. The first-order valence-corrected chi connectivity index (χ1v) is 12.5. The molecule has 0 bridgehead atoms. The summed E-state index contributed by atoms with van der Waals surface area (Å²) in [6.45, 7) is 2.83. The zero-order valence-electron chi connectivity index (χ0n) is 18.1. The van der Waals surface area contributed by atoms with E-state index in [1.165, 1.54) is 11.8 Å². The fourth-order valence-electron chi connectivity index (χ4n) is 3.88. The summed E-state index contributed by atoms with van der Waals surface area (Å²) in [5, 5.41) is 10.5. The number of hydrogen-bond donors (Lipinski definition) is 0. The molecule has 0 spiro atoms. The Morgan fingerprint density at radius 2 is 1.79 bits per heavy atom. The highest BCUT2D eigenvalue weighted by Crippen LogP contribution is 2.31. The third-order valence-corrected chi connectivity index (χ3v) is 7.07. The Bertz CT molecular complexity index is 1290. The topological polar surface area (TPSA) is 67.4 Å². The van der Waals surface area contributed by atoms with E-state index in [-0.39, 0.29) is 11.7 Å². The average Bonchev–Trinajstić information content (AvgIpc) is 3.53. The van der Waals surface area contributed by atoms with Crippen molar-refractivity contribution >= 4 is 46.6 Å². The zero-order valence-corrected chi connectivity index (χ0v) is 20.4. The number of anilines is 1. The van der Waals surface area contributed by atoms with Gasteiger partial charge < -0.3 is 14.2 Å². The van der Waals surface area contributed by atoms with Gasteiger partial charge in [-0.1, -0.05) is 53.2 Å². The van der Waals surface area contributed by atoms with Gasteiger partial charge in [-0.2, -0.15) is 0 Å². The monoisotopic (exact) mass is 513 g/mol. The van der Waals surface area contributed by atoms with Crippen molar-refractivity contribution in [3.8, 4) is 17.3 Å². The maximum Gasteiger partial charge on any atom is 0.233 e. The van der Waals surface area contributed by atoms with Crippen LogP contribution >= 0.6 is 35.0 Å². The number of para-hydroxylation sites is 1. The van der Waals surface area contributed by atoms with Crippen LogP contribution in [-0.4, -0.2) is 57.5 Å². The number of aromatic nitrogens is 3. The second-order valence-electron chi connectivity index (χ2n) is 7.71. The van der Waals surface area contributed by atoms with Crippen LogP contribution in [0.5, 0.6) is 0 Å². The van der Waals surface area contributed by atoms with Crippen molar-refractivity contribution in [1.82, 2.24) is 19.7 Å². The van der Waals surface area contributed by atoms with Crippen LogP contribution in [0.3, 0.4) is 0 Å². The predicted octanol–water partition coefficient (Wildman–Crippen LogP) is 5.28. The minimum absolute atomic E-state index is 0.0593. The van der Waals surface area contributed by atoms with Crippen molar-refractivity contribution in [2.45, 2.75) is 5.16 Å². The smallest absolute Gasteiger partial charge is 0.233 e. The highest BCUT2D eigenvalue weighted by Gasteiger charge is 2.24. The zero-order chi connectivity index (χ0) is 23.5. The molecule has 2 aromatic heterocycles. The highest BCUT2D eigenvalue weighted by atomic mass is 35.5. The Hall–Kier alpha value is -2.94. The lowest BCUT2D eigenvalue weighted by atomic mass is 10.2. The summed E-state index contributed by atoms with van der Waals surface area (Å²) >= 11 is 13.9. The van der Waals surface area contributed by atoms with Gasteiger partial charge in [0.1, 0.15) is 0 Å². The van der Waals surface area contributed by atoms with Gasteiger partial charge in [0.05, 0.1) is 22.7 Å². The number of carbonyl (C=O) groups is 1. The Morgan fingerprint density at radius 1 is 0.971 bits per heavy atom. The maximum atomic E-state index is 13.0. The number of amides is 1. The second kappa shape index (κ2) is 10.1. The number of rotatable bonds is 6. The van der Waals surface area contributed by atoms with E-state index in [1.54, 1.807) is 12.3 Å². The second-order valence-corrected chi connectivity index (χ2v) is 9.49. The lowest BCUT2D eigenvalue weighted by molar-refractivity contribution is -0.128. The molecule has 10 heteroatoms. The van der Waals surface area contributed by atoms with E-state index in [4.69, 9.17) is 27.6 Å². The summed E-state index contributed by atoms with van der Waals surface area (Å²) < 4.78 is 7.38. The molecule has 3 heterocycles. The summed E-state index contributed by atoms with van der Waals surface area (Å²) in [7, 11) is 0. The largest absolute Gasteiger partial charge is 0.461 e. The molecule has 1 fully saturated rings. The molecule has 7 nitrogen and oxygen atoms in total. The first kappa shape index (κ1) is 22.8. The molecule has 1 aliphatic heterocycles. The van der Waals surface area contributed by atoms with Crippen LogP contribution in [0.25, 0.3) is 17.3 Å². The Labute approximate surface area is 211 Å². The number of halogens is 2.